The van der Waals surface area contributed by atoms with Crippen LogP contribution in [0.3, 0.4) is 0 Å². The van der Waals surface area contributed by atoms with Crippen molar-refractivity contribution in [3.8, 4) is 0 Å². The lowest BCUT2D eigenvalue weighted by Crippen LogP contribution is -2.42. The van der Waals surface area contributed by atoms with Crippen LogP contribution in [0, 0.1) is 0 Å². The number of rotatable bonds is 3. The molecule has 4 heteroatoms. The Morgan fingerprint density at radius 2 is 2.26 bits per heavy atom. The highest BCUT2D eigenvalue weighted by atomic mass is 16.3. The molecule has 0 fully saturated rings. The van der Waals surface area contributed by atoms with Gasteiger partial charge in [-0.1, -0.05) is 24.3 Å². The highest BCUT2D eigenvalue weighted by Gasteiger charge is 2.22. The van der Waals surface area contributed by atoms with Crippen LogP contribution in [0.2, 0.25) is 0 Å². The fourth-order valence-electron chi connectivity index (χ4n) is 2.64. The van der Waals surface area contributed by atoms with Crippen LogP contribution in [0.25, 0.3) is 0 Å². The van der Waals surface area contributed by atoms with E-state index in [0.29, 0.717) is 6.54 Å². The molecule has 2 amide bonds. The van der Waals surface area contributed by atoms with E-state index in [1.807, 2.05) is 12.1 Å². The molecule has 1 aromatic carbocycles. The molecule has 1 aromatic rings. The summed E-state index contributed by atoms with van der Waals surface area (Å²) < 4.78 is 0. The summed E-state index contributed by atoms with van der Waals surface area (Å²) in [6.07, 6.45) is 2.66. The number of fused-ring (bicyclic) bond motifs is 1. The van der Waals surface area contributed by atoms with Gasteiger partial charge in [0.1, 0.15) is 0 Å². The van der Waals surface area contributed by atoms with Crippen LogP contribution in [0.5, 0.6) is 0 Å². The summed E-state index contributed by atoms with van der Waals surface area (Å²) in [4.78, 5) is 13.6. The lowest BCUT2D eigenvalue weighted by molar-refractivity contribution is 0.142. The molecule has 4 nitrogen and oxygen atoms in total. The number of hydrogen-bond acceptors (Lipinski definition) is 2. The summed E-state index contributed by atoms with van der Waals surface area (Å²) in [6, 6.07) is 8.25. The number of carbonyl (C=O) groups excluding carboxylic acids is 1. The summed E-state index contributed by atoms with van der Waals surface area (Å²) in [5.74, 6) is 0. The van der Waals surface area contributed by atoms with Crippen LogP contribution >= 0.6 is 0 Å². The van der Waals surface area contributed by atoms with Crippen molar-refractivity contribution in [2.24, 2.45) is 0 Å². The largest absolute Gasteiger partial charge is 0.392 e. The monoisotopic (exact) mass is 262 g/mol. The first-order valence-electron chi connectivity index (χ1n) is 6.85. The zero-order valence-corrected chi connectivity index (χ0v) is 11.6. The summed E-state index contributed by atoms with van der Waals surface area (Å²) in [5.41, 5.74) is 2.56. The molecule has 0 heterocycles. The maximum Gasteiger partial charge on any atom is 0.317 e. The van der Waals surface area contributed by atoms with Gasteiger partial charge in [-0.05, 0) is 37.3 Å². The number of nitrogens with zero attached hydrogens (tertiary/aromatic N) is 1. The Labute approximate surface area is 114 Å². The molecule has 0 saturated heterocycles. The van der Waals surface area contributed by atoms with Gasteiger partial charge in [-0.3, -0.25) is 0 Å². The highest BCUT2D eigenvalue weighted by Crippen LogP contribution is 2.29. The number of amides is 2. The Kier molecular flexibility index (Phi) is 4.43. The Balaban J connectivity index is 2.02. The molecule has 0 aromatic heterocycles. The van der Waals surface area contributed by atoms with Crippen molar-refractivity contribution < 1.29 is 9.90 Å². The third-order valence-corrected chi connectivity index (χ3v) is 3.55. The van der Waals surface area contributed by atoms with Gasteiger partial charge in [0.25, 0.3) is 0 Å². The van der Waals surface area contributed by atoms with Crippen LogP contribution in [-0.2, 0) is 6.42 Å². The van der Waals surface area contributed by atoms with Gasteiger partial charge >= 0.3 is 6.03 Å². The predicted octanol–water partition coefficient (Wildman–Crippen LogP) is 2.09. The van der Waals surface area contributed by atoms with Crippen molar-refractivity contribution in [1.82, 2.24) is 10.2 Å². The number of nitrogens with one attached hydrogen (secondary N) is 1. The Morgan fingerprint density at radius 1 is 1.53 bits per heavy atom. The van der Waals surface area contributed by atoms with E-state index in [1.54, 1.807) is 14.0 Å². The minimum atomic E-state index is -0.505. The zero-order valence-electron chi connectivity index (χ0n) is 11.6. The lowest BCUT2D eigenvalue weighted by Gasteiger charge is -2.29. The second kappa shape index (κ2) is 6.06. The molecule has 2 unspecified atom stereocenters. The third-order valence-electron chi connectivity index (χ3n) is 3.55. The van der Waals surface area contributed by atoms with Crippen molar-refractivity contribution in [1.29, 1.82) is 0 Å². The summed E-state index contributed by atoms with van der Waals surface area (Å²) >= 11 is 0. The van der Waals surface area contributed by atoms with Crippen molar-refractivity contribution in [2.75, 3.05) is 13.6 Å². The van der Waals surface area contributed by atoms with Gasteiger partial charge < -0.3 is 15.3 Å². The molecular formula is C15H22N2O2. The standard InChI is InChI=1S/C15H22N2O2/c1-11(18)10-17(2)15(19)16-14-9-5-7-12-6-3-4-8-13(12)14/h3-4,6,8,11,14,18H,5,7,9-10H2,1-2H3,(H,16,19). The summed E-state index contributed by atoms with van der Waals surface area (Å²) in [7, 11) is 1.71. The number of likely N-dealkylation sites (N-methyl/N-ethyl adjacent to an activating group) is 1. The van der Waals surface area contributed by atoms with Gasteiger partial charge in [0.15, 0.2) is 0 Å². The van der Waals surface area contributed by atoms with Crippen LogP contribution < -0.4 is 5.32 Å². The molecule has 1 aliphatic rings. The first kappa shape index (κ1) is 13.9. The van der Waals surface area contributed by atoms with Crippen molar-refractivity contribution in [3.63, 3.8) is 0 Å². The quantitative estimate of drug-likeness (QED) is 0.876. The number of benzene rings is 1. The summed E-state index contributed by atoms with van der Waals surface area (Å²) in [5, 5.41) is 12.4. The fraction of sp³-hybridized carbons (Fsp3) is 0.533. The van der Waals surface area contributed by atoms with E-state index in [9.17, 15) is 9.90 Å². The molecule has 0 radical (unpaired) electrons. The Morgan fingerprint density at radius 3 is 3.00 bits per heavy atom. The molecule has 2 N–H and O–H groups in total. The van der Waals surface area contributed by atoms with E-state index in [1.165, 1.54) is 16.0 Å². The number of aryl methyl sites for hydroxylation is 1. The van der Waals surface area contributed by atoms with E-state index in [2.05, 4.69) is 17.4 Å². The Bertz CT molecular complexity index is 446. The molecule has 2 atom stereocenters. The molecule has 104 valence electrons. The van der Waals surface area contributed by atoms with Gasteiger partial charge in [-0.15, -0.1) is 0 Å². The molecule has 19 heavy (non-hydrogen) atoms. The second-order valence-electron chi connectivity index (χ2n) is 5.32. The van der Waals surface area contributed by atoms with E-state index in [-0.39, 0.29) is 12.1 Å². The van der Waals surface area contributed by atoms with Gasteiger partial charge in [0.05, 0.1) is 12.1 Å². The summed E-state index contributed by atoms with van der Waals surface area (Å²) in [6.45, 7) is 2.03. The maximum absolute atomic E-state index is 12.1. The number of urea groups is 1. The van der Waals surface area contributed by atoms with Gasteiger partial charge in [0, 0.05) is 13.6 Å². The van der Waals surface area contributed by atoms with Crippen molar-refractivity contribution >= 4 is 6.03 Å². The maximum atomic E-state index is 12.1. The van der Waals surface area contributed by atoms with Crippen LogP contribution in [0.15, 0.2) is 24.3 Å². The van der Waals surface area contributed by atoms with Gasteiger partial charge in [-0.25, -0.2) is 4.79 Å². The Hall–Kier alpha value is -1.55. The molecule has 0 bridgehead atoms. The number of aliphatic hydroxyl groups excluding tert-OH is 1. The SMILES string of the molecule is CC(O)CN(C)C(=O)NC1CCCc2ccccc21. The molecule has 2 rings (SSSR count). The van der Waals surface area contributed by atoms with E-state index >= 15 is 0 Å². The van der Waals surface area contributed by atoms with E-state index in [0.717, 1.165) is 19.3 Å². The predicted molar refractivity (Wildman–Crippen MR) is 75.0 cm³/mol. The van der Waals surface area contributed by atoms with Crippen LogP contribution in [0.4, 0.5) is 4.79 Å². The lowest BCUT2D eigenvalue weighted by atomic mass is 9.88. The normalized spacial score (nSPS) is 19.4. The molecule has 0 aliphatic heterocycles. The van der Waals surface area contributed by atoms with Crippen LogP contribution in [-0.4, -0.2) is 35.7 Å². The smallest absolute Gasteiger partial charge is 0.317 e. The minimum absolute atomic E-state index is 0.0916. The third kappa shape index (κ3) is 3.47. The van der Waals surface area contributed by atoms with Gasteiger partial charge in [-0.2, -0.15) is 0 Å². The van der Waals surface area contributed by atoms with E-state index < -0.39 is 6.10 Å². The second-order valence-corrected chi connectivity index (χ2v) is 5.32. The average molecular weight is 262 g/mol. The van der Waals surface area contributed by atoms with Crippen molar-refractivity contribution in [3.05, 3.63) is 35.4 Å². The highest BCUT2D eigenvalue weighted by molar-refractivity contribution is 5.74. The fourth-order valence-corrected chi connectivity index (χ4v) is 2.64. The number of aliphatic hydroxyl groups is 1. The first-order chi connectivity index (χ1) is 9.08. The van der Waals surface area contributed by atoms with Crippen molar-refractivity contribution in [2.45, 2.75) is 38.3 Å². The van der Waals surface area contributed by atoms with Gasteiger partial charge in [0.2, 0.25) is 0 Å². The minimum Gasteiger partial charge on any atom is -0.392 e. The molecular weight excluding hydrogens is 240 g/mol. The number of carbonyl (C=O) groups is 1. The van der Waals surface area contributed by atoms with E-state index in [4.69, 9.17) is 0 Å². The molecule has 1 aliphatic carbocycles. The zero-order chi connectivity index (χ0) is 13.8. The molecule has 0 saturated carbocycles. The molecule has 0 spiro atoms. The average Bonchev–Trinajstić information content (AvgIpc) is 2.38. The van der Waals surface area contributed by atoms with Crippen LogP contribution in [0.1, 0.15) is 36.9 Å². The first-order valence-corrected chi connectivity index (χ1v) is 6.85. The number of hydrogen-bond donors (Lipinski definition) is 2. The topological polar surface area (TPSA) is 52.6 Å².